The van der Waals surface area contributed by atoms with Crippen molar-refractivity contribution in [2.45, 2.75) is 19.9 Å². The van der Waals surface area contributed by atoms with Gasteiger partial charge in [-0.25, -0.2) is 0 Å². The Morgan fingerprint density at radius 2 is 2.25 bits per heavy atom. The van der Waals surface area contributed by atoms with Gasteiger partial charge in [0.15, 0.2) is 6.61 Å². The Kier molecular flexibility index (Phi) is 3.40. The summed E-state index contributed by atoms with van der Waals surface area (Å²) in [5, 5.41) is 6.36. The highest BCUT2D eigenvalue weighted by Crippen LogP contribution is 2.31. The number of ether oxygens (including phenoxy) is 2. The number of benzene rings is 1. The molecule has 2 aliphatic rings. The van der Waals surface area contributed by atoms with Crippen molar-refractivity contribution in [2.75, 3.05) is 31.7 Å². The van der Waals surface area contributed by atoms with E-state index in [0.717, 1.165) is 36.8 Å². The molecule has 2 aliphatic heterocycles. The van der Waals surface area contributed by atoms with Crippen LogP contribution in [-0.2, 0) is 9.53 Å². The first-order chi connectivity index (χ1) is 9.56. The molecule has 5 heteroatoms. The maximum atomic E-state index is 11.3. The van der Waals surface area contributed by atoms with Crippen molar-refractivity contribution < 1.29 is 14.3 Å². The van der Waals surface area contributed by atoms with E-state index < -0.39 is 0 Å². The van der Waals surface area contributed by atoms with Crippen LogP contribution in [0.2, 0.25) is 0 Å². The third-order valence-corrected chi connectivity index (χ3v) is 3.87. The summed E-state index contributed by atoms with van der Waals surface area (Å²) in [6.07, 6.45) is 0. The molecule has 0 saturated carbocycles. The molecule has 1 unspecified atom stereocenters. The number of hydrogen-bond donors (Lipinski definition) is 2. The molecule has 5 nitrogen and oxygen atoms in total. The van der Waals surface area contributed by atoms with Gasteiger partial charge in [0.25, 0.3) is 5.91 Å². The van der Waals surface area contributed by atoms with Gasteiger partial charge in [-0.05, 0) is 24.6 Å². The van der Waals surface area contributed by atoms with Crippen LogP contribution in [0.3, 0.4) is 0 Å². The SMILES string of the molecule is CC(NCC1(C)COC1)c1ccc2c(c1)NC(=O)CO2. The quantitative estimate of drug-likeness (QED) is 0.879. The maximum absolute atomic E-state index is 11.3. The predicted molar refractivity (Wildman–Crippen MR) is 75.9 cm³/mol. The molecule has 1 amide bonds. The third-order valence-electron chi connectivity index (χ3n) is 3.87. The first-order valence-corrected chi connectivity index (χ1v) is 6.93. The van der Waals surface area contributed by atoms with Gasteiger partial charge in [0.1, 0.15) is 5.75 Å². The smallest absolute Gasteiger partial charge is 0.262 e. The van der Waals surface area contributed by atoms with Crippen LogP contribution < -0.4 is 15.4 Å². The zero-order valence-corrected chi connectivity index (χ0v) is 11.9. The number of carbonyl (C=O) groups excluding carboxylic acids is 1. The van der Waals surface area contributed by atoms with Crippen molar-refractivity contribution in [2.24, 2.45) is 5.41 Å². The van der Waals surface area contributed by atoms with Crippen molar-refractivity contribution in [1.82, 2.24) is 5.32 Å². The Bertz CT molecular complexity index is 526. The summed E-state index contributed by atoms with van der Waals surface area (Å²) < 4.78 is 10.6. The molecule has 1 aromatic carbocycles. The second kappa shape index (κ2) is 5.07. The van der Waals surface area contributed by atoms with Crippen LogP contribution in [-0.4, -0.2) is 32.3 Å². The molecule has 0 spiro atoms. The van der Waals surface area contributed by atoms with Crippen molar-refractivity contribution in [3.8, 4) is 5.75 Å². The lowest BCUT2D eigenvalue weighted by molar-refractivity contribution is -0.118. The van der Waals surface area contributed by atoms with E-state index in [1.807, 2.05) is 18.2 Å². The summed E-state index contributed by atoms with van der Waals surface area (Å²) >= 11 is 0. The Labute approximate surface area is 118 Å². The highest BCUT2D eigenvalue weighted by Gasteiger charge is 2.33. The van der Waals surface area contributed by atoms with Crippen molar-refractivity contribution in [3.63, 3.8) is 0 Å². The molecule has 20 heavy (non-hydrogen) atoms. The number of nitrogens with one attached hydrogen (secondary N) is 2. The van der Waals surface area contributed by atoms with Gasteiger partial charge in [-0.1, -0.05) is 13.0 Å². The molecule has 0 bridgehead atoms. The first kappa shape index (κ1) is 13.4. The zero-order chi connectivity index (χ0) is 14.2. The minimum atomic E-state index is -0.102. The molecule has 0 radical (unpaired) electrons. The fourth-order valence-corrected chi connectivity index (χ4v) is 2.44. The molecule has 0 aliphatic carbocycles. The van der Waals surface area contributed by atoms with Crippen LogP contribution in [0.4, 0.5) is 5.69 Å². The van der Waals surface area contributed by atoms with E-state index in [2.05, 4.69) is 24.5 Å². The van der Waals surface area contributed by atoms with Gasteiger partial charge >= 0.3 is 0 Å². The number of rotatable bonds is 4. The highest BCUT2D eigenvalue weighted by atomic mass is 16.5. The second-order valence-corrected chi connectivity index (χ2v) is 6.00. The van der Waals surface area contributed by atoms with Gasteiger partial charge in [0.05, 0.1) is 18.9 Å². The van der Waals surface area contributed by atoms with Crippen LogP contribution in [0.5, 0.6) is 5.75 Å². The number of fused-ring (bicyclic) bond motifs is 1. The van der Waals surface area contributed by atoms with Gasteiger partial charge in [-0.3, -0.25) is 4.79 Å². The summed E-state index contributed by atoms with van der Waals surface area (Å²) in [5.41, 5.74) is 2.14. The monoisotopic (exact) mass is 276 g/mol. The van der Waals surface area contributed by atoms with Crippen molar-refractivity contribution in [1.29, 1.82) is 0 Å². The lowest BCUT2D eigenvalue weighted by atomic mass is 9.88. The Morgan fingerprint density at radius 3 is 2.95 bits per heavy atom. The van der Waals surface area contributed by atoms with Gasteiger partial charge in [-0.15, -0.1) is 0 Å². The number of carbonyl (C=O) groups is 1. The van der Waals surface area contributed by atoms with E-state index in [0.29, 0.717) is 0 Å². The van der Waals surface area contributed by atoms with E-state index in [4.69, 9.17) is 9.47 Å². The molecule has 3 rings (SSSR count). The van der Waals surface area contributed by atoms with Crippen LogP contribution in [0, 0.1) is 5.41 Å². The van der Waals surface area contributed by atoms with Crippen LogP contribution in [0.15, 0.2) is 18.2 Å². The molecular weight excluding hydrogens is 256 g/mol. The zero-order valence-electron chi connectivity index (χ0n) is 11.9. The Morgan fingerprint density at radius 1 is 1.45 bits per heavy atom. The topological polar surface area (TPSA) is 59.6 Å². The van der Waals surface area contributed by atoms with E-state index in [-0.39, 0.29) is 24.0 Å². The number of amides is 1. The van der Waals surface area contributed by atoms with Crippen LogP contribution in [0.1, 0.15) is 25.5 Å². The largest absolute Gasteiger partial charge is 0.482 e. The van der Waals surface area contributed by atoms with Gasteiger partial charge in [0.2, 0.25) is 0 Å². The average molecular weight is 276 g/mol. The number of hydrogen-bond acceptors (Lipinski definition) is 4. The minimum absolute atomic E-state index is 0.0957. The van der Waals surface area contributed by atoms with Crippen molar-refractivity contribution >= 4 is 11.6 Å². The van der Waals surface area contributed by atoms with E-state index in [1.165, 1.54) is 0 Å². The van der Waals surface area contributed by atoms with Gasteiger partial charge in [0, 0.05) is 18.0 Å². The van der Waals surface area contributed by atoms with E-state index in [9.17, 15) is 4.79 Å². The van der Waals surface area contributed by atoms with Gasteiger partial charge < -0.3 is 20.1 Å². The minimum Gasteiger partial charge on any atom is -0.482 e. The summed E-state index contributed by atoms with van der Waals surface area (Å²) in [6.45, 7) is 7.00. The fourth-order valence-electron chi connectivity index (χ4n) is 2.44. The Hall–Kier alpha value is -1.59. The molecule has 0 aromatic heterocycles. The maximum Gasteiger partial charge on any atom is 0.262 e. The average Bonchev–Trinajstić information content (AvgIpc) is 2.41. The summed E-state index contributed by atoms with van der Waals surface area (Å²) in [7, 11) is 0. The summed E-state index contributed by atoms with van der Waals surface area (Å²) in [5.74, 6) is 0.634. The van der Waals surface area contributed by atoms with Crippen molar-refractivity contribution in [3.05, 3.63) is 23.8 Å². The Balaban J connectivity index is 1.67. The van der Waals surface area contributed by atoms with E-state index >= 15 is 0 Å². The molecular formula is C15H20N2O3. The molecule has 2 N–H and O–H groups in total. The lowest BCUT2D eigenvalue weighted by Gasteiger charge is -2.39. The standard InChI is InChI=1S/C15H20N2O3/c1-10(16-7-15(2)8-19-9-15)11-3-4-13-12(5-11)17-14(18)6-20-13/h3-5,10,16H,6-9H2,1-2H3,(H,17,18). The fraction of sp³-hybridized carbons (Fsp3) is 0.533. The molecule has 1 aromatic rings. The number of anilines is 1. The van der Waals surface area contributed by atoms with E-state index in [1.54, 1.807) is 0 Å². The van der Waals surface area contributed by atoms with Crippen LogP contribution >= 0.6 is 0 Å². The molecule has 2 heterocycles. The summed E-state index contributed by atoms with van der Waals surface area (Å²) in [4.78, 5) is 11.3. The molecule has 1 saturated heterocycles. The summed E-state index contributed by atoms with van der Waals surface area (Å²) in [6, 6.07) is 6.14. The predicted octanol–water partition coefficient (Wildman–Crippen LogP) is 1.70. The highest BCUT2D eigenvalue weighted by molar-refractivity contribution is 5.95. The second-order valence-electron chi connectivity index (χ2n) is 6.00. The molecule has 108 valence electrons. The normalized spacial score (nSPS) is 21.2. The van der Waals surface area contributed by atoms with Gasteiger partial charge in [-0.2, -0.15) is 0 Å². The van der Waals surface area contributed by atoms with Crippen LogP contribution in [0.25, 0.3) is 0 Å². The molecule has 1 fully saturated rings. The first-order valence-electron chi connectivity index (χ1n) is 6.93. The third kappa shape index (κ3) is 2.64. The molecule has 1 atom stereocenters. The lowest BCUT2D eigenvalue weighted by Crippen LogP contribution is -2.47.